The summed E-state index contributed by atoms with van der Waals surface area (Å²) in [6.45, 7) is 0.154. The Balaban J connectivity index is 1.80. The summed E-state index contributed by atoms with van der Waals surface area (Å²) in [6.07, 6.45) is 0.374. The second-order valence-electron chi connectivity index (χ2n) is 4.79. The van der Waals surface area contributed by atoms with E-state index in [9.17, 15) is 22.4 Å². The van der Waals surface area contributed by atoms with Crippen LogP contribution in [0, 0.1) is 23.3 Å². The highest BCUT2D eigenvalue weighted by molar-refractivity contribution is 5.92. The lowest BCUT2D eigenvalue weighted by Gasteiger charge is -2.08. The summed E-state index contributed by atoms with van der Waals surface area (Å²) in [6, 6.07) is 7.92. The molecule has 23 heavy (non-hydrogen) atoms. The van der Waals surface area contributed by atoms with Crippen molar-refractivity contribution in [3.05, 3.63) is 65.2 Å². The van der Waals surface area contributed by atoms with E-state index < -0.39 is 29.0 Å². The van der Waals surface area contributed by atoms with Gasteiger partial charge in [0.25, 0.3) is 0 Å². The predicted molar refractivity (Wildman–Crippen MR) is 77.9 cm³/mol. The number of amides is 1. The minimum absolute atomic E-state index is 0.174. The molecule has 1 amide bonds. The van der Waals surface area contributed by atoms with E-state index in [0.717, 1.165) is 12.1 Å². The van der Waals surface area contributed by atoms with Crippen molar-refractivity contribution in [1.29, 1.82) is 0 Å². The Kier molecular flexibility index (Phi) is 5.70. The first kappa shape index (κ1) is 17.0. The molecule has 0 bridgehead atoms. The van der Waals surface area contributed by atoms with E-state index in [0.29, 0.717) is 18.5 Å². The van der Waals surface area contributed by atoms with Gasteiger partial charge in [0.1, 0.15) is 5.82 Å². The summed E-state index contributed by atoms with van der Waals surface area (Å²) in [5, 5.41) is 4.89. The van der Waals surface area contributed by atoms with E-state index in [2.05, 4.69) is 10.6 Å². The van der Waals surface area contributed by atoms with Gasteiger partial charge in [-0.15, -0.1) is 0 Å². The van der Waals surface area contributed by atoms with Crippen LogP contribution in [0.15, 0.2) is 36.4 Å². The lowest BCUT2D eigenvalue weighted by Crippen LogP contribution is -2.30. The van der Waals surface area contributed by atoms with Gasteiger partial charge in [-0.3, -0.25) is 4.79 Å². The lowest BCUT2D eigenvalue weighted by molar-refractivity contribution is -0.115. The fraction of sp³-hybridized carbons (Fsp3) is 0.188. The highest BCUT2D eigenvalue weighted by atomic mass is 19.2. The number of carbonyl (C=O) groups is 1. The van der Waals surface area contributed by atoms with E-state index in [-0.39, 0.29) is 12.4 Å². The third kappa shape index (κ3) is 4.53. The van der Waals surface area contributed by atoms with Crippen LogP contribution in [-0.4, -0.2) is 19.0 Å². The van der Waals surface area contributed by atoms with Gasteiger partial charge in [-0.2, -0.15) is 0 Å². The minimum Gasteiger partial charge on any atom is -0.322 e. The van der Waals surface area contributed by atoms with Crippen molar-refractivity contribution in [2.45, 2.75) is 6.42 Å². The fourth-order valence-electron chi connectivity index (χ4n) is 1.94. The predicted octanol–water partition coefficient (Wildman–Crippen LogP) is 3.01. The van der Waals surface area contributed by atoms with Crippen molar-refractivity contribution in [2.75, 3.05) is 18.4 Å². The molecule has 0 fully saturated rings. The van der Waals surface area contributed by atoms with E-state index in [1.54, 1.807) is 18.2 Å². The molecule has 0 aliphatic heterocycles. The van der Waals surface area contributed by atoms with Crippen LogP contribution in [0.3, 0.4) is 0 Å². The first-order valence-electron chi connectivity index (χ1n) is 6.86. The molecule has 0 aromatic heterocycles. The van der Waals surface area contributed by atoms with Crippen LogP contribution in [0.5, 0.6) is 0 Å². The molecule has 0 aliphatic rings. The molecule has 0 saturated carbocycles. The molecule has 2 aromatic carbocycles. The number of hydrogen-bond acceptors (Lipinski definition) is 2. The van der Waals surface area contributed by atoms with Gasteiger partial charge >= 0.3 is 0 Å². The van der Waals surface area contributed by atoms with Crippen LogP contribution in [0.2, 0.25) is 0 Å². The van der Waals surface area contributed by atoms with Gasteiger partial charge in [0.05, 0.1) is 12.2 Å². The summed E-state index contributed by atoms with van der Waals surface area (Å²) in [5.41, 5.74) is 0.0665. The summed E-state index contributed by atoms with van der Waals surface area (Å²) in [7, 11) is 0. The maximum Gasteiger partial charge on any atom is 0.238 e. The summed E-state index contributed by atoms with van der Waals surface area (Å²) < 4.78 is 52.5. The van der Waals surface area contributed by atoms with Crippen LogP contribution in [0.25, 0.3) is 0 Å². The Morgan fingerprint density at radius 1 is 0.913 bits per heavy atom. The molecule has 0 saturated heterocycles. The third-order valence-electron chi connectivity index (χ3n) is 3.12. The van der Waals surface area contributed by atoms with E-state index in [1.165, 1.54) is 6.07 Å². The minimum atomic E-state index is -1.64. The standard InChI is InChI=1S/C16H14F4N2O/c17-11-4-2-1-3-10(11)7-8-21-9-14(23)22-13-6-5-12(18)15(19)16(13)20/h1-6,21H,7-9H2,(H,22,23). The SMILES string of the molecule is O=C(CNCCc1ccccc1F)Nc1ccc(F)c(F)c1F. The van der Waals surface area contributed by atoms with Gasteiger partial charge < -0.3 is 10.6 Å². The van der Waals surface area contributed by atoms with Crippen LogP contribution in [-0.2, 0) is 11.2 Å². The van der Waals surface area contributed by atoms with Gasteiger partial charge in [-0.1, -0.05) is 18.2 Å². The molecular formula is C16H14F4N2O. The average Bonchev–Trinajstić information content (AvgIpc) is 2.54. The lowest BCUT2D eigenvalue weighted by atomic mass is 10.1. The van der Waals surface area contributed by atoms with Crippen LogP contribution >= 0.6 is 0 Å². The maximum atomic E-state index is 13.4. The molecule has 0 spiro atoms. The summed E-state index contributed by atoms with van der Waals surface area (Å²) in [5.74, 6) is -5.38. The smallest absolute Gasteiger partial charge is 0.238 e. The molecule has 0 atom stereocenters. The molecule has 2 aromatic rings. The maximum absolute atomic E-state index is 13.4. The van der Waals surface area contributed by atoms with Crippen molar-refractivity contribution in [2.24, 2.45) is 0 Å². The number of hydrogen-bond donors (Lipinski definition) is 2. The topological polar surface area (TPSA) is 41.1 Å². The van der Waals surface area contributed by atoms with Gasteiger partial charge in [-0.25, -0.2) is 17.6 Å². The zero-order valence-electron chi connectivity index (χ0n) is 12.0. The van der Waals surface area contributed by atoms with Gasteiger partial charge in [0.15, 0.2) is 17.5 Å². The molecule has 2 N–H and O–H groups in total. The zero-order valence-corrected chi connectivity index (χ0v) is 12.0. The average molecular weight is 326 g/mol. The first-order chi connectivity index (χ1) is 11.0. The second-order valence-corrected chi connectivity index (χ2v) is 4.79. The van der Waals surface area contributed by atoms with Gasteiger partial charge in [0.2, 0.25) is 5.91 Å². The number of halogens is 4. The first-order valence-corrected chi connectivity index (χ1v) is 6.86. The number of carbonyl (C=O) groups excluding carboxylic acids is 1. The van der Waals surface area contributed by atoms with Crippen molar-refractivity contribution >= 4 is 11.6 Å². The molecule has 0 radical (unpaired) electrons. The Morgan fingerprint density at radius 3 is 2.39 bits per heavy atom. The van der Waals surface area contributed by atoms with Crippen LogP contribution in [0.4, 0.5) is 23.2 Å². The van der Waals surface area contributed by atoms with Crippen LogP contribution < -0.4 is 10.6 Å². The quantitative estimate of drug-likeness (QED) is 0.487. The highest BCUT2D eigenvalue weighted by Gasteiger charge is 2.14. The van der Waals surface area contributed by atoms with Gasteiger partial charge in [0, 0.05) is 0 Å². The molecule has 122 valence electrons. The number of rotatable bonds is 6. The van der Waals surface area contributed by atoms with E-state index in [1.807, 2.05) is 0 Å². The largest absolute Gasteiger partial charge is 0.322 e. The van der Waals surface area contributed by atoms with Crippen molar-refractivity contribution in [3.63, 3.8) is 0 Å². The Labute approximate surface area is 130 Å². The molecular weight excluding hydrogens is 312 g/mol. The molecule has 0 heterocycles. The third-order valence-corrected chi connectivity index (χ3v) is 3.12. The Bertz CT molecular complexity index is 706. The summed E-state index contributed by atoms with van der Waals surface area (Å²) in [4.78, 5) is 11.6. The van der Waals surface area contributed by atoms with Gasteiger partial charge in [-0.05, 0) is 36.7 Å². The molecule has 7 heteroatoms. The highest BCUT2D eigenvalue weighted by Crippen LogP contribution is 2.19. The second kappa shape index (κ2) is 7.73. The zero-order chi connectivity index (χ0) is 16.8. The normalized spacial score (nSPS) is 10.6. The molecule has 0 unspecified atom stereocenters. The molecule has 0 aliphatic carbocycles. The Hall–Kier alpha value is -2.41. The number of anilines is 1. The van der Waals surface area contributed by atoms with E-state index >= 15 is 0 Å². The molecule has 3 nitrogen and oxygen atoms in total. The van der Waals surface area contributed by atoms with E-state index in [4.69, 9.17) is 0 Å². The summed E-state index contributed by atoms with van der Waals surface area (Å²) >= 11 is 0. The van der Waals surface area contributed by atoms with Crippen molar-refractivity contribution in [1.82, 2.24) is 5.32 Å². The van der Waals surface area contributed by atoms with Crippen molar-refractivity contribution in [3.8, 4) is 0 Å². The monoisotopic (exact) mass is 326 g/mol. The fourth-order valence-corrected chi connectivity index (χ4v) is 1.94. The van der Waals surface area contributed by atoms with Crippen LogP contribution in [0.1, 0.15) is 5.56 Å². The number of nitrogens with one attached hydrogen (secondary N) is 2. The van der Waals surface area contributed by atoms with Crippen molar-refractivity contribution < 1.29 is 22.4 Å². The number of benzene rings is 2. The Morgan fingerprint density at radius 2 is 1.65 bits per heavy atom. The molecule has 2 rings (SSSR count).